The quantitative estimate of drug-likeness (QED) is 0.641. The van der Waals surface area contributed by atoms with Gasteiger partial charge in [-0.15, -0.1) is 0 Å². The molecule has 0 aliphatic heterocycles. The second kappa shape index (κ2) is 5.52. The standard InChI is InChI=1S/C15H14O5/c16-10-7-13(19)15(14(20)8-10)12(18)6-5-9-3-1-2-4-11(9)17/h1-4,7-8,16-17,19-20H,5-6H2. The smallest absolute Gasteiger partial charge is 0.170 e. The van der Waals surface area contributed by atoms with Crippen molar-refractivity contribution in [1.29, 1.82) is 0 Å². The molecule has 20 heavy (non-hydrogen) atoms. The van der Waals surface area contributed by atoms with Crippen LogP contribution >= 0.6 is 0 Å². The van der Waals surface area contributed by atoms with Crippen LogP contribution in [-0.4, -0.2) is 26.2 Å². The van der Waals surface area contributed by atoms with Gasteiger partial charge in [0.25, 0.3) is 0 Å². The van der Waals surface area contributed by atoms with Gasteiger partial charge in [0.05, 0.1) is 0 Å². The fraction of sp³-hybridized carbons (Fsp3) is 0.133. The van der Waals surface area contributed by atoms with Crippen LogP contribution in [0.3, 0.4) is 0 Å². The summed E-state index contributed by atoms with van der Waals surface area (Å²) in [4.78, 5) is 12.0. The van der Waals surface area contributed by atoms with Gasteiger partial charge in [-0.05, 0) is 18.1 Å². The molecule has 0 heterocycles. The molecular weight excluding hydrogens is 260 g/mol. The number of aryl methyl sites for hydroxylation is 1. The number of hydrogen-bond acceptors (Lipinski definition) is 5. The summed E-state index contributed by atoms with van der Waals surface area (Å²) in [5, 5.41) is 38.0. The number of carbonyl (C=O) groups is 1. The number of phenolic OH excluding ortho intramolecular Hbond substituents is 4. The lowest BCUT2D eigenvalue weighted by Crippen LogP contribution is -2.02. The molecule has 0 bridgehead atoms. The average Bonchev–Trinajstić information content (AvgIpc) is 2.36. The summed E-state index contributed by atoms with van der Waals surface area (Å²) < 4.78 is 0. The first kappa shape index (κ1) is 13.7. The van der Waals surface area contributed by atoms with Crippen molar-refractivity contribution in [2.45, 2.75) is 12.8 Å². The molecule has 0 aliphatic carbocycles. The van der Waals surface area contributed by atoms with Crippen molar-refractivity contribution in [3.8, 4) is 23.0 Å². The number of aromatic hydroxyl groups is 4. The fourth-order valence-corrected chi connectivity index (χ4v) is 1.98. The molecule has 4 N–H and O–H groups in total. The Morgan fingerprint density at radius 3 is 2.10 bits per heavy atom. The van der Waals surface area contributed by atoms with Gasteiger partial charge < -0.3 is 20.4 Å². The summed E-state index contributed by atoms with van der Waals surface area (Å²) in [7, 11) is 0. The largest absolute Gasteiger partial charge is 0.508 e. The van der Waals surface area contributed by atoms with E-state index >= 15 is 0 Å². The van der Waals surface area contributed by atoms with Gasteiger partial charge in [-0.2, -0.15) is 0 Å². The van der Waals surface area contributed by atoms with Crippen LogP contribution in [0.1, 0.15) is 22.3 Å². The zero-order chi connectivity index (χ0) is 14.7. The van der Waals surface area contributed by atoms with E-state index in [2.05, 4.69) is 0 Å². The predicted molar refractivity (Wildman–Crippen MR) is 72.2 cm³/mol. The van der Waals surface area contributed by atoms with E-state index in [0.29, 0.717) is 5.56 Å². The molecule has 0 aliphatic rings. The zero-order valence-corrected chi connectivity index (χ0v) is 10.6. The molecule has 0 fully saturated rings. The third kappa shape index (κ3) is 2.83. The summed E-state index contributed by atoms with van der Waals surface area (Å²) >= 11 is 0. The summed E-state index contributed by atoms with van der Waals surface area (Å²) in [6.45, 7) is 0. The molecule has 0 saturated carbocycles. The minimum atomic E-state index is -0.469. The Hall–Kier alpha value is -2.69. The first-order chi connectivity index (χ1) is 9.49. The number of carbonyl (C=O) groups excluding carboxylic acids is 1. The van der Waals surface area contributed by atoms with Crippen molar-refractivity contribution in [2.75, 3.05) is 0 Å². The molecule has 0 amide bonds. The molecule has 0 spiro atoms. The van der Waals surface area contributed by atoms with E-state index in [1.807, 2.05) is 0 Å². The SMILES string of the molecule is O=C(CCc1ccccc1O)c1c(O)cc(O)cc1O. The first-order valence-electron chi connectivity index (χ1n) is 6.04. The third-order valence-electron chi connectivity index (χ3n) is 2.97. The van der Waals surface area contributed by atoms with Crippen molar-refractivity contribution in [3.63, 3.8) is 0 Å². The van der Waals surface area contributed by atoms with E-state index in [-0.39, 0.29) is 29.9 Å². The van der Waals surface area contributed by atoms with Crippen molar-refractivity contribution < 1.29 is 25.2 Å². The highest BCUT2D eigenvalue weighted by Crippen LogP contribution is 2.33. The van der Waals surface area contributed by atoms with Gasteiger partial charge in [-0.1, -0.05) is 18.2 Å². The van der Waals surface area contributed by atoms with E-state index in [1.54, 1.807) is 18.2 Å². The van der Waals surface area contributed by atoms with Gasteiger partial charge in [0, 0.05) is 18.6 Å². The Bertz CT molecular complexity index is 625. The molecule has 104 valence electrons. The van der Waals surface area contributed by atoms with Crippen LogP contribution in [0.5, 0.6) is 23.0 Å². The first-order valence-corrected chi connectivity index (χ1v) is 6.04. The molecule has 0 unspecified atom stereocenters. The molecular formula is C15H14O5. The molecule has 2 aromatic rings. The number of hydrogen-bond donors (Lipinski definition) is 4. The molecule has 0 saturated heterocycles. The van der Waals surface area contributed by atoms with Crippen molar-refractivity contribution in [3.05, 3.63) is 47.5 Å². The highest BCUT2D eigenvalue weighted by atomic mass is 16.3. The van der Waals surface area contributed by atoms with E-state index < -0.39 is 17.3 Å². The second-order valence-corrected chi connectivity index (χ2v) is 4.41. The second-order valence-electron chi connectivity index (χ2n) is 4.41. The maximum atomic E-state index is 12.0. The predicted octanol–water partition coefficient (Wildman–Crippen LogP) is 2.32. The van der Waals surface area contributed by atoms with E-state index in [9.17, 15) is 25.2 Å². The molecule has 5 nitrogen and oxygen atoms in total. The van der Waals surface area contributed by atoms with Gasteiger partial charge in [0.1, 0.15) is 28.6 Å². The number of Topliss-reactive ketones (excluding diaryl/α,β-unsaturated/α-hetero) is 1. The van der Waals surface area contributed by atoms with Gasteiger partial charge in [0.15, 0.2) is 5.78 Å². The van der Waals surface area contributed by atoms with E-state index in [4.69, 9.17) is 0 Å². The lowest BCUT2D eigenvalue weighted by atomic mass is 10.0. The number of rotatable bonds is 4. The van der Waals surface area contributed by atoms with Crippen molar-refractivity contribution in [2.24, 2.45) is 0 Å². The molecule has 2 rings (SSSR count). The highest BCUT2D eigenvalue weighted by Gasteiger charge is 2.18. The van der Waals surface area contributed by atoms with Gasteiger partial charge in [-0.3, -0.25) is 4.79 Å². The number of phenols is 4. The van der Waals surface area contributed by atoms with Crippen LogP contribution < -0.4 is 0 Å². The normalized spacial score (nSPS) is 10.4. The topological polar surface area (TPSA) is 98.0 Å². The van der Waals surface area contributed by atoms with Gasteiger partial charge in [-0.25, -0.2) is 0 Å². The lowest BCUT2D eigenvalue weighted by molar-refractivity contribution is 0.0977. The highest BCUT2D eigenvalue weighted by molar-refractivity contribution is 6.01. The monoisotopic (exact) mass is 274 g/mol. The summed E-state index contributed by atoms with van der Waals surface area (Å²) in [6.07, 6.45) is 0.300. The fourth-order valence-electron chi connectivity index (χ4n) is 1.98. The summed E-state index contributed by atoms with van der Waals surface area (Å²) in [5.41, 5.74) is 0.386. The third-order valence-corrected chi connectivity index (χ3v) is 2.97. The lowest BCUT2D eigenvalue weighted by Gasteiger charge is -2.08. The Morgan fingerprint density at radius 1 is 0.900 bits per heavy atom. The maximum Gasteiger partial charge on any atom is 0.170 e. The Kier molecular flexibility index (Phi) is 3.79. The van der Waals surface area contributed by atoms with E-state index in [1.165, 1.54) is 6.07 Å². The molecule has 0 aromatic heterocycles. The van der Waals surface area contributed by atoms with Crippen molar-refractivity contribution >= 4 is 5.78 Å². The minimum absolute atomic E-state index is 0.0173. The van der Waals surface area contributed by atoms with Crippen LogP contribution in [0, 0.1) is 0 Å². The van der Waals surface area contributed by atoms with Crippen LogP contribution in [0.15, 0.2) is 36.4 Å². The van der Waals surface area contributed by atoms with Crippen LogP contribution in [0.4, 0.5) is 0 Å². The number of ketones is 1. The summed E-state index contributed by atoms with van der Waals surface area (Å²) in [6, 6.07) is 8.63. The van der Waals surface area contributed by atoms with E-state index in [0.717, 1.165) is 12.1 Å². The minimum Gasteiger partial charge on any atom is -0.508 e. The van der Waals surface area contributed by atoms with Crippen LogP contribution in [0.25, 0.3) is 0 Å². The average molecular weight is 274 g/mol. The van der Waals surface area contributed by atoms with Gasteiger partial charge in [0.2, 0.25) is 0 Å². The Morgan fingerprint density at radius 2 is 1.50 bits per heavy atom. The van der Waals surface area contributed by atoms with Crippen LogP contribution in [-0.2, 0) is 6.42 Å². The van der Waals surface area contributed by atoms with Crippen molar-refractivity contribution in [1.82, 2.24) is 0 Å². The van der Waals surface area contributed by atoms with Crippen LogP contribution in [0.2, 0.25) is 0 Å². The Labute approximate surface area is 115 Å². The number of para-hydroxylation sites is 1. The molecule has 2 aromatic carbocycles. The maximum absolute atomic E-state index is 12.0. The number of benzene rings is 2. The molecule has 0 atom stereocenters. The zero-order valence-electron chi connectivity index (χ0n) is 10.6. The molecule has 0 radical (unpaired) electrons. The van der Waals surface area contributed by atoms with Gasteiger partial charge >= 0.3 is 0 Å². The molecule has 5 heteroatoms. The Balaban J connectivity index is 2.16. The summed E-state index contributed by atoms with van der Waals surface area (Å²) in [5.74, 6) is -1.63.